The highest BCUT2D eigenvalue weighted by atomic mass is 32.1. The summed E-state index contributed by atoms with van der Waals surface area (Å²) in [6, 6.07) is 4.71. The first-order valence-corrected chi connectivity index (χ1v) is 8.31. The number of hydrogen-bond acceptors (Lipinski definition) is 4. The molecule has 0 saturated heterocycles. The Kier molecular flexibility index (Phi) is 4.43. The predicted octanol–water partition coefficient (Wildman–Crippen LogP) is 4.45. The van der Waals surface area contributed by atoms with E-state index in [9.17, 15) is 0 Å². The van der Waals surface area contributed by atoms with Gasteiger partial charge in [-0.05, 0) is 32.2 Å². The number of nitrogens with zero attached hydrogens (tertiary/aromatic N) is 1. The summed E-state index contributed by atoms with van der Waals surface area (Å²) >= 11 is 3.63. The molecule has 0 aliphatic rings. The highest BCUT2D eigenvalue weighted by molar-refractivity contribution is 7.11. The van der Waals surface area contributed by atoms with Crippen LogP contribution in [0.25, 0.3) is 0 Å². The van der Waals surface area contributed by atoms with Crippen LogP contribution in [-0.2, 0) is 5.41 Å². The lowest BCUT2D eigenvalue weighted by Gasteiger charge is -2.26. The average molecular weight is 294 g/mol. The van der Waals surface area contributed by atoms with Gasteiger partial charge in [-0.1, -0.05) is 19.9 Å². The van der Waals surface area contributed by atoms with Crippen LogP contribution in [0.15, 0.2) is 17.5 Å². The number of aryl methyl sites for hydroxylation is 2. The minimum atomic E-state index is 0.177. The average Bonchev–Trinajstić information content (AvgIpc) is 2.96. The SMILES string of the molecule is Cc1nc(C)c(C(C)NCC(C)(C)c2cccs2)s1. The van der Waals surface area contributed by atoms with Crippen molar-refractivity contribution in [1.82, 2.24) is 10.3 Å². The first kappa shape index (κ1) is 14.7. The maximum Gasteiger partial charge on any atom is 0.0900 e. The summed E-state index contributed by atoms with van der Waals surface area (Å²) in [5.41, 5.74) is 1.34. The van der Waals surface area contributed by atoms with Crippen LogP contribution in [0.2, 0.25) is 0 Å². The molecule has 0 radical (unpaired) electrons. The largest absolute Gasteiger partial charge is 0.309 e. The third-order valence-electron chi connectivity index (χ3n) is 3.37. The number of hydrogen-bond donors (Lipinski definition) is 1. The molecular weight excluding hydrogens is 272 g/mol. The van der Waals surface area contributed by atoms with Crippen molar-refractivity contribution in [3.63, 3.8) is 0 Å². The third-order valence-corrected chi connectivity index (χ3v) is 5.86. The molecule has 0 fully saturated rings. The Morgan fingerprint density at radius 3 is 2.63 bits per heavy atom. The van der Waals surface area contributed by atoms with Crippen LogP contribution < -0.4 is 5.32 Å². The van der Waals surface area contributed by atoms with Gasteiger partial charge >= 0.3 is 0 Å². The standard InChI is InChI=1S/C15H22N2S2/c1-10(14-11(2)17-12(3)19-14)16-9-15(4,5)13-7-6-8-18-13/h6-8,10,16H,9H2,1-5H3. The van der Waals surface area contributed by atoms with Crippen LogP contribution in [0.5, 0.6) is 0 Å². The highest BCUT2D eigenvalue weighted by Gasteiger charge is 2.23. The van der Waals surface area contributed by atoms with Crippen molar-refractivity contribution in [2.24, 2.45) is 0 Å². The van der Waals surface area contributed by atoms with E-state index >= 15 is 0 Å². The second kappa shape index (κ2) is 5.73. The van der Waals surface area contributed by atoms with E-state index in [0.717, 1.165) is 17.2 Å². The minimum absolute atomic E-state index is 0.177. The van der Waals surface area contributed by atoms with Crippen molar-refractivity contribution in [3.8, 4) is 0 Å². The van der Waals surface area contributed by atoms with Gasteiger partial charge in [0, 0.05) is 27.8 Å². The molecule has 0 saturated carbocycles. The Bertz CT molecular complexity index is 526. The fourth-order valence-corrected chi connectivity index (χ4v) is 4.01. The molecule has 0 spiro atoms. The lowest BCUT2D eigenvalue weighted by Crippen LogP contribution is -2.33. The number of aromatic nitrogens is 1. The second-order valence-electron chi connectivity index (χ2n) is 5.65. The molecule has 0 amide bonds. The smallest absolute Gasteiger partial charge is 0.0900 e. The first-order valence-electron chi connectivity index (χ1n) is 6.61. The first-order chi connectivity index (χ1) is 8.90. The molecule has 2 aromatic heterocycles. The van der Waals surface area contributed by atoms with Crippen molar-refractivity contribution >= 4 is 22.7 Å². The summed E-state index contributed by atoms with van der Waals surface area (Å²) in [6.07, 6.45) is 0. The molecule has 2 heterocycles. The molecule has 1 atom stereocenters. The van der Waals surface area contributed by atoms with Gasteiger partial charge in [0.05, 0.1) is 10.7 Å². The summed E-state index contributed by atoms with van der Waals surface area (Å²) in [6.45, 7) is 12.0. The fraction of sp³-hybridized carbons (Fsp3) is 0.533. The lowest BCUT2D eigenvalue weighted by molar-refractivity contribution is 0.443. The van der Waals surface area contributed by atoms with Crippen molar-refractivity contribution < 1.29 is 0 Å². The molecule has 0 aliphatic carbocycles. The van der Waals surface area contributed by atoms with Gasteiger partial charge in [-0.3, -0.25) is 0 Å². The molecule has 2 rings (SSSR count). The summed E-state index contributed by atoms with van der Waals surface area (Å²) in [4.78, 5) is 7.30. The van der Waals surface area contributed by atoms with E-state index in [2.05, 4.69) is 62.4 Å². The van der Waals surface area contributed by atoms with Gasteiger partial charge in [0.2, 0.25) is 0 Å². The summed E-state index contributed by atoms with van der Waals surface area (Å²) in [5.74, 6) is 0. The molecule has 2 aromatic rings. The third kappa shape index (κ3) is 3.44. The van der Waals surface area contributed by atoms with E-state index in [-0.39, 0.29) is 5.41 Å². The Morgan fingerprint density at radius 1 is 1.37 bits per heavy atom. The predicted molar refractivity (Wildman–Crippen MR) is 85.4 cm³/mol. The fourth-order valence-electron chi connectivity index (χ4n) is 2.20. The van der Waals surface area contributed by atoms with Crippen LogP contribution in [0, 0.1) is 13.8 Å². The van der Waals surface area contributed by atoms with Crippen molar-refractivity contribution in [2.75, 3.05) is 6.54 Å². The van der Waals surface area contributed by atoms with Gasteiger partial charge in [0.25, 0.3) is 0 Å². The molecule has 2 nitrogen and oxygen atoms in total. The van der Waals surface area contributed by atoms with Crippen molar-refractivity contribution in [2.45, 2.75) is 46.1 Å². The Balaban J connectivity index is 2.01. The Hall–Kier alpha value is -0.710. The highest BCUT2D eigenvalue weighted by Crippen LogP contribution is 2.29. The maximum absolute atomic E-state index is 4.51. The normalized spacial score (nSPS) is 13.7. The monoisotopic (exact) mass is 294 g/mol. The second-order valence-corrected chi connectivity index (χ2v) is 7.83. The minimum Gasteiger partial charge on any atom is -0.309 e. The summed E-state index contributed by atoms with van der Waals surface area (Å²) in [5, 5.41) is 6.96. The van der Waals surface area contributed by atoms with Crippen LogP contribution in [-0.4, -0.2) is 11.5 Å². The topological polar surface area (TPSA) is 24.9 Å². The molecule has 1 unspecified atom stereocenters. The van der Waals surface area contributed by atoms with Crippen molar-refractivity contribution in [1.29, 1.82) is 0 Å². The summed E-state index contributed by atoms with van der Waals surface area (Å²) < 4.78 is 0. The Morgan fingerprint density at radius 2 is 2.11 bits per heavy atom. The van der Waals surface area contributed by atoms with E-state index in [1.54, 1.807) is 11.3 Å². The number of thiazole rings is 1. The molecule has 0 aromatic carbocycles. The van der Waals surface area contributed by atoms with Gasteiger partial charge in [0.15, 0.2) is 0 Å². The van der Waals surface area contributed by atoms with Gasteiger partial charge in [-0.25, -0.2) is 4.98 Å². The molecule has 4 heteroatoms. The van der Waals surface area contributed by atoms with E-state index in [4.69, 9.17) is 0 Å². The van der Waals surface area contributed by atoms with Crippen molar-refractivity contribution in [3.05, 3.63) is 38.0 Å². The zero-order valence-electron chi connectivity index (χ0n) is 12.3. The van der Waals surface area contributed by atoms with E-state index in [1.165, 1.54) is 9.75 Å². The van der Waals surface area contributed by atoms with Gasteiger partial charge in [-0.15, -0.1) is 22.7 Å². The quantitative estimate of drug-likeness (QED) is 0.881. The number of rotatable bonds is 5. The lowest BCUT2D eigenvalue weighted by atomic mass is 9.91. The van der Waals surface area contributed by atoms with E-state index < -0.39 is 0 Å². The molecular formula is C15H22N2S2. The van der Waals surface area contributed by atoms with Crippen LogP contribution in [0.4, 0.5) is 0 Å². The molecule has 19 heavy (non-hydrogen) atoms. The van der Waals surface area contributed by atoms with Gasteiger partial charge in [0.1, 0.15) is 0 Å². The van der Waals surface area contributed by atoms with Crippen LogP contribution in [0.3, 0.4) is 0 Å². The van der Waals surface area contributed by atoms with E-state index in [0.29, 0.717) is 6.04 Å². The Labute approximate surface area is 123 Å². The van der Waals surface area contributed by atoms with Crippen LogP contribution in [0.1, 0.15) is 47.3 Å². The van der Waals surface area contributed by atoms with Gasteiger partial charge < -0.3 is 5.32 Å². The number of thiophene rings is 1. The molecule has 0 bridgehead atoms. The molecule has 1 N–H and O–H groups in total. The van der Waals surface area contributed by atoms with E-state index in [1.807, 2.05) is 11.3 Å². The zero-order valence-corrected chi connectivity index (χ0v) is 13.9. The number of nitrogens with one attached hydrogen (secondary N) is 1. The molecule has 104 valence electrons. The van der Waals surface area contributed by atoms with Crippen LogP contribution >= 0.6 is 22.7 Å². The van der Waals surface area contributed by atoms with Gasteiger partial charge in [-0.2, -0.15) is 0 Å². The molecule has 0 aliphatic heterocycles. The maximum atomic E-state index is 4.51. The zero-order chi connectivity index (χ0) is 14.0. The summed E-state index contributed by atoms with van der Waals surface area (Å²) in [7, 11) is 0.